The maximum absolute atomic E-state index is 2.36. The SMILES string of the molecule is CC(C)(C)C1CCCC1.CC(C)(C)C1CCCC1.[CH3-].[CH3-].[Ti+2]. The molecule has 0 radical (unpaired) electrons. The van der Waals surface area contributed by atoms with Gasteiger partial charge in [0.05, 0.1) is 0 Å². The van der Waals surface area contributed by atoms with E-state index in [1.54, 1.807) is 0 Å². The third-order valence-electron chi connectivity index (χ3n) is 5.16. The number of rotatable bonds is 0. The first-order valence-electron chi connectivity index (χ1n) is 8.21. The van der Waals surface area contributed by atoms with Crippen molar-refractivity contribution in [2.24, 2.45) is 22.7 Å². The normalized spacial score (nSPS) is 19.7. The van der Waals surface area contributed by atoms with Gasteiger partial charge < -0.3 is 14.9 Å². The Hall–Kier alpha value is 0.714. The first-order chi connectivity index (χ1) is 8.21. The van der Waals surface area contributed by atoms with Crippen LogP contribution in [0.1, 0.15) is 92.9 Å². The van der Waals surface area contributed by atoms with E-state index in [1.165, 1.54) is 51.4 Å². The standard InChI is InChI=1S/2C9H18.2CH3.Ti/c2*1-9(2,3)8-6-4-5-7-8;;;/h2*8H,4-7H2,1-3H3;2*1H3;/q;;2*-1;+2. The Labute approximate surface area is 152 Å². The van der Waals surface area contributed by atoms with E-state index in [4.69, 9.17) is 0 Å². The van der Waals surface area contributed by atoms with Gasteiger partial charge in [-0.1, -0.05) is 67.2 Å². The smallest absolute Gasteiger partial charge is 0.358 e. The van der Waals surface area contributed by atoms with Crippen molar-refractivity contribution < 1.29 is 21.7 Å². The molecular weight excluding hydrogens is 288 g/mol. The molecule has 0 aliphatic heterocycles. The molecule has 0 saturated heterocycles. The van der Waals surface area contributed by atoms with Gasteiger partial charge in [-0.15, -0.1) is 0 Å². The Bertz CT molecular complexity index is 193. The molecule has 0 bridgehead atoms. The minimum absolute atomic E-state index is 0. The zero-order valence-corrected chi connectivity index (χ0v) is 17.9. The van der Waals surface area contributed by atoms with Crippen LogP contribution in [0.2, 0.25) is 0 Å². The van der Waals surface area contributed by atoms with E-state index in [9.17, 15) is 0 Å². The van der Waals surface area contributed by atoms with Crippen molar-refractivity contribution >= 4 is 0 Å². The van der Waals surface area contributed by atoms with Crippen LogP contribution in [0.15, 0.2) is 0 Å². The Kier molecular flexibility index (Phi) is 14.3. The summed E-state index contributed by atoms with van der Waals surface area (Å²) in [6.07, 6.45) is 11.8. The summed E-state index contributed by atoms with van der Waals surface area (Å²) in [5.74, 6) is 2.02. The van der Waals surface area contributed by atoms with E-state index in [0.717, 1.165) is 11.8 Å². The molecule has 0 spiro atoms. The minimum Gasteiger partial charge on any atom is -0.358 e. The Morgan fingerprint density at radius 1 is 0.524 bits per heavy atom. The molecule has 0 amide bonds. The monoisotopic (exact) mass is 330 g/mol. The molecule has 2 aliphatic rings. The van der Waals surface area contributed by atoms with Gasteiger partial charge in [-0.25, -0.2) is 0 Å². The van der Waals surface area contributed by atoms with Gasteiger partial charge in [-0.2, -0.15) is 0 Å². The van der Waals surface area contributed by atoms with Crippen molar-refractivity contribution in [3.8, 4) is 0 Å². The summed E-state index contributed by atoms with van der Waals surface area (Å²) in [6, 6.07) is 0. The largest absolute Gasteiger partial charge is 2.00 e. The van der Waals surface area contributed by atoms with Crippen molar-refractivity contribution in [2.45, 2.75) is 92.9 Å². The minimum atomic E-state index is 0. The van der Waals surface area contributed by atoms with Crippen LogP contribution in [0.25, 0.3) is 0 Å². The zero-order chi connectivity index (χ0) is 13.8. The molecule has 2 saturated carbocycles. The molecule has 0 atom stereocenters. The predicted octanol–water partition coefficient (Wildman–Crippen LogP) is 7.34. The molecule has 0 unspecified atom stereocenters. The molecule has 0 aromatic carbocycles. The van der Waals surface area contributed by atoms with Gasteiger partial charge in [-0.3, -0.25) is 0 Å². The molecule has 0 nitrogen and oxygen atoms in total. The molecular formula is C20H42Ti. The summed E-state index contributed by atoms with van der Waals surface area (Å²) in [7, 11) is 0. The second-order valence-electron chi connectivity index (χ2n) is 8.69. The van der Waals surface area contributed by atoms with Gasteiger partial charge in [0.15, 0.2) is 0 Å². The summed E-state index contributed by atoms with van der Waals surface area (Å²) in [4.78, 5) is 0. The summed E-state index contributed by atoms with van der Waals surface area (Å²) < 4.78 is 0. The van der Waals surface area contributed by atoms with E-state index < -0.39 is 0 Å². The van der Waals surface area contributed by atoms with E-state index in [2.05, 4.69) is 41.5 Å². The van der Waals surface area contributed by atoms with Crippen LogP contribution in [0.3, 0.4) is 0 Å². The fourth-order valence-electron chi connectivity index (χ4n) is 3.58. The van der Waals surface area contributed by atoms with E-state index in [1.807, 2.05) is 0 Å². The molecule has 0 aromatic rings. The second-order valence-corrected chi connectivity index (χ2v) is 8.69. The van der Waals surface area contributed by atoms with Crippen LogP contribution < -0.4 is 0 Å². The van der Waals surface area contributed by atoms with Crippen LogP contribution in [0.4, 0.5) is 0 Å². The van der Waals surface area contributed by atoms with Crippen molar-refractivity contribution in [2.75, 3.05) is 0 Å². The van der Waals surface area contributed by atoms with Gasteiger partial charge >= 0.3 is 21.7 Å². The number of hydrogen-bond acceptors (Lipinski definition) is 0. The number of hydrogen-bond donors (Lipinski definition) is 0. The molecule has 0 N–H and O–H groups in total. The van der Waals surface area contributed by atoms with Crippen molar-refractivity contribution in [3.63, 3.8) is 0 Å². The maximum atomic E-state index is 2.36. The summed E-state index contributed by atoms with van der Waals surface area (Å²) >= 11 is 0. The van der Waals surface area contributed by atoms with Crippen molar-refractivity contribution in [3.05, 3.63) is 14.9 Å². The van der Waals surface area contributed by atoms with Crippen LogP contribution in [0.5, 0.6) is 0 Å². The molecule has 21 heavy (non-hydrogen) atoms. The van der Waals surface area contributed by atoms with E-state index in [0.29, 0.717) is 10.8 Å². The average molecular weight is 330 g/mol. The third-order valence-corrected chi connectivity index (χ3v) is 5.16. The maximum Gasteiger partial charge on any atom is 2.00 e. The third kappa shape index (κ3) is 10.2. The fourth-order valence-corrected chi connectivity index (χ4v) is 3.58. The first kappa shape index (κ1) is 26.6. The van der Waals surface area contributed by atoms with Gasteiger partial charge in [0.25, 0.3) is 0 Å². The van der Waals surface area contributed by atoms with E-state index in [-0.39, 0.29) is 36.6 Å². The summed E-state index contributed by atoms with van der Waals surface area (Å²) in [5, 5.41) is 0. The second kappa shape index (κ2) is 11.3. The topological polar surface area (TPSA) is 0 Å². The van der Waals surface area contributed by atoms with Crippen LogP contribution >= 0.6 is 0 Å². The van der Waals surface area contributed by atoms with Gasteiger partial charge in [0.1, 0.15) is 0 Å². The Morgan fingerprint density at radius 3 is 0.810 bits per heavy atom. The Balaban J connectivity index is -0.000000270. The molecule has 2 rings (SSSR count). The summed E-state index contributed by atoms with van der Waals surface area (Å²) in [6.45, 7) is 14.2. The molecule has 1 heteroatoms. The molecule has 126 valence electrons. The molecule has 0 aromatic heterocycles. The van der Waals surface area contributed by atoms with Gasteiger partial charge in [0, 0.05) is 0 Å². The molecule has 0 heterocycles. The predicted molar refractivity (Wildman–Crippen MR) is 95.7 cm³/mol. The van der Waals surface area contributed by atoms with Crippen molar-refractivity contribution in [1.82, 2.24) is 0 Å². The van der Waals surface area contributed by atoms with Gasteiger partial charge in [0.2, 0.25) is 0 Å². The quantitative estimate of drug-likeness (QED) is 0.322. The van der Waals surface area contributed by atoms with Gasteiger partial charge in [-0.05, 0) is 48.3 Å². The average Bonchev–Trinajstić information content (AvgIpc) is 2.91. The van der Waals surface area contributed by atoms with Crippen molar-refractivity contribution in [1.29, 1.82) is 0 Å². The van der Waals surface area contributed by atoms with E-state index >= 15 is 0 Å². The zero-order valence-electron chi connectivity index (χ0n) is 16.3. The van der Waals surface area contributed by atoms with Crippen LogP contribution in [-0.2, 0) is 21.7 Å². The first-order valence-corrected chi connectivity index (χ1v) is 8.21. The molecule has 2 aliphatic carbocycles. The summed E-state index contributed by atoms with van der Waals surface area (Å²) in [5.41, 5.74) is 1.16. The van der Waals surface area contributed by atoms with Crippen LogP contribution in [-0.4, -0.2) is 0 Å². The fraction of sp³-hybridized carbons (Fsp3) is 0.900. The Morgan fingerprint density at radius 2 is 0.714 bits per heavy atom. The molecule has 2 fully saturated rings. The van der Waals surface area contributed by atoms with Crippen LogP contribution in [0, 0.1) is 37.5 Å².